The second-order valence-electron chi connectivity index (χ2n) is 4.20. The third kappa shape index (κ3) is 4.47. The van der Waals surface area contributed by atoms with Crippen molar-refractivity contribution in [3.63, 3.8) is 0 Å². The Morgan fingerprint density at radius 2 is 2.05 bits per heavy atom. The van der Waals surface area contributed by atoms with Crippen molar-refractivity contribution in [1.82, 2.24) is 10.2 Å². The van der Waals surface area contributed by atoms with Gasteiger partial charge in [-0.2, -0.15) is 0 Å². The van der Waals surface area contributed by atoms with Crippen LogP contribution in [-0.4, -0.2) is 35.4 Å². The first kappa shape index (κ1) is 16.4. The smallest absolute Gasteiger partial charge is 0.273 e. The van der Waals surface area contributed by atoms with Crippen LogP contribution in [-0.2, 0) is 11.3 Å². The molecule has 0 spiro atoms. The summed E-state index contributed by atoms with van der Waals surface area (Å²) in [5, 5.41) is 14.2. The van der Waals surface area contributed by atoms with Crippen molar-refractivity contribution in [2.45, 2.75) is 20.4 Å². The molecule has 0 aliphatic heterocycles. The minimum atomic E-state index is -0.459. The Bertz CT molecular complexity index is 490. The van der Waals surface area contributed by atoms with Crippen LogP contribution in [0.1, 0.15) is 19.4 Å². The summed E-state index contributed by atoms with van der Waals surface area (Å²) < 4.78 is 0. The molecule has 1 N–H and O–H groups in total. The summed E-state index contributed by atoms with van der Waals surface area (Å²) in [4.78, 5) is 23.9. The molecule has 1 amide bonds. The van der Waals surface area contributed by atoms with Crippen molar-refractivity contribution in [2.75, 3.05) is 19.6 Å². The maximum atomic E-state index is 11.8. The lowest BCUT2D eigenvalue weighted by Gasteiger charge is -2.18. The van der Waals surface area contributed by atoms with Crippen LogP contribution in [0.15, 0.2) is 18.2 Å². The Balaban J connectivity index is 2.64. The first-order valence-corrected chi connectivity index (χ1v) is 6.78. The van der Waals surface area contributed by atoms with Crippen LogP contribution < -0.4 is 5.32 Å². The predicted octanol–water partition coefficient (Wildman–Crippen LogP) is 2.21. The highest BCUT2D eigenvalue weighted by atomic mass is 35.5. The molecule has 0 bridgehead atoms. The van der Waals surface area contributed by atoms with Crippen LogP contribution in [0.3, 0.4) is 0 Å². The van der Waals surface area contributed by atoms with Gasteiger partial charge in [-0.1, -0.05) is 11.6 Å². The van der Waals surface area contributed by atoms with E-state index in [4.69, 9.17) is 11.6 Å². The maximum absolute atomic E-state index is 11.8. The number of hydrogen-bond donors (Lipinski definition) is 1. The van der Waals surface area contributed by atoms with Gasteiger partial charge < -0.3 is 10.2 Å². The first-order valence-electron chi connectivity index (χ1n) is 6.40. The van der Waals surface area contributed by atoms with Gasteiger partial charge in [0.05, 0.1) is 11.5 Å². The third-order valence-corrected chi connectivity index (χ3v) is 3.18. The third-order valence-electron chi connectivity index (χ3n) is 2.95. The molecule has 110 valence electrons. The van der Waals surface area contributed by atoms with Crippen molar-refractivity contribution in [1.29, 1.82) is 0 Å². The molecule has 7 heteroatoms. The molecule has 0 aromatic heterocycles. The molecular weight excluding hydrogens is 282 g/mol. The van der Waals surface area contributed by atoms with E-state index in [-0.39, 0.29) is 24.7 Å². The summed E-state index contributed by atoms with van der Waals surface area (Å²) >= 11 is 5.83. The highest BCUT2D eigenvalue weighted by molar-refractivity contribution is 6.30. The van der Waals surface area contributed by atoms with Gasteiger partial charge in [0.15, 0.2) is 0 Å². The van der Waals surface area contributed by atoms with Gasteiger partial charge in [0.1, 0.15) is 0 Å². The van der Waals surface area contributed by atoms with Crippen LogP contribution in [0, 0.1) is 10.1 Å². The number of carbonyl (C=O) groups excluding carboxylic acids is 1. The molecule has 6 nitrogen and oxygen atoms in total. The van der Waals surface area contributed by atoms with Crippen LogP contribution in [0.4, 0.5) is 5.69 Å². The largest absolute Gasteiger partial charge is 0.342 e. The maximum Gasteiger partial charge on any atom is 0.273 e. The van der Waals surface area contributed by atoms with Crippen LogP contribution in [0.5, 0.6) is 0 Å². The fraction of sp³-hybridized carbons (Fsp3) is 0.462. The van der Waals surface area contributed by atoms with Crippen LogP contribution in [0.2, 0.25) is 5.02 Å². The quantitative estimate of drug-likeness (QED) is 0.618. The molecule has 0 unspecified atom stereocenters. The first-order chi connectivity index (χ1) is 9.49. The Kier molecular flexibility index (Phi) is 6.41. The van der Waals surface area contributed by atoms with E-state index in [1.54, 1.807) is 4.90 Å². The summed E-state index contributed by atoms with van der Waals surface area (Å²) in [6.07, 6.45) is 0. The number of amides is 1. The number of nitro groups is 1. The molecule has 0 heterocycles. The van der Waals surface area contributed by atoms with Crippen molar-refractivity contribution in [2.24, 2.45) is 0 Å². The van der Waals surface area contributed by atoms with Crippen LogP contribution >= 0.6 is 11.6 Å². The number of halogens is 1. The van der Waals surface area contributed by atoms with Gasteiger partial charge in [0.2, 0.25) is 5.91 Å². The number of nitrogens with zero attached hydrogens (tertiary/aromatic N) is 2. The molecule has 1 rings (SSSR count). The lowest BCUT2D eigenvalue weighted by molar-refractivity contribution is -0.385. The van der Waals surface area contributed by atoms with Gasteiger partial charge >= 0.3 is 0 Å². The number of nitrogens with one attached hydrogen (secondary N) is 1. The molecule has 0 atom stereocenters. The number of rotatable bonds is 7. The van der Waals surface area contributed by atoms with Crippen molar-refractivity contribution in [3.8, 4) is 0 Å². The van der Waals surface area contributed by atoms with E-state index >= 15 is 0 Å². The van der Waals surface area contributed by atoms with Crippen molar-refractivity contribution >= 4 is 23.2 Å². The Morgan fingerprint density at radius 1 is 1.40 bits per heavy atom. The van der Waals surface area contributed by atoms with E-state index in [1.165, 1.54) is 18.2 Å². The zero-order chi connectivity index (χ0) is 15.1. The number of carbonyl (C=O) groups is 1. The summed E-state index contributed by atoms with van der Waals surface area (Å²) in [6, 6.07) is 4.38. The Labute approximate surface area is 122 Å². The molecule has 20 heavy (non-hydrogen) atoms. The molecular formula is C13H18ClN3O3. The van der Waals surface area contributed by atoms with Crippen molar-refractivity contribution < 1.29 is 9.72 Å². The molecule has 1 aromatic rings. The average Bonchev–Trinajstić information content (AvgIpc) is 2.39. The summed E-state index contributed by atoms with van der Waals surface area (Å²) in [7, 11) is 0. The molecule has 1 aromatic carbocycles. The monoisotopic (exact) mass is 299 g/mol. The number of benzene rings is 1. The summed E-state index contributed by atoms with van der Waals surface area (Å²) in [5.41, 5.74) is 0.465. The zero-order valence-corrected chi connectivity index (χ0v) is 12.3. The normalized spacial score (nSPS) is 10.3. The Hall–Kier alpha value is -1.66. The number of nitro benzene ring substituents is 1. The minimum absolute atomic E-state index is 0.00260. The lowest BCUT2D eigenvalue weighted by Crippen LogP contribution is -2.37. The molecule has 0 aliphatic rings. The lowest BCUT2D eigenvalue weighted by atomic mass is 10.2. The van der Waals surface area contributed by atoms with Crippen LogP contribution in [0.25, 0.3) is 0 Å². The standard InChI is InChI=1S/C13H18ClN3O3/c1-3-16(4-2)13(18)9-15-8-10-7-11(14)5-6-12(10)17(19)20/h5-7,15H,3-4,8-9H2,1-2H3. The molecule has 0 radical (unpaired) electrons. The fourth-order valence-electron chi connectivity index (χ4n) is 1.87. The van der Waals surface area contributed by atoms with E-state index in [1.807, 2.05) is 13.8 Å². The van der Waals surface area contributed by atoms with Gasteiger partial charge in [0.25, 0.3) is 5.69 Å². The summed E-state index contributed by atoms with van der Waals surface area (Å²) in [5.74, 6) is -0.0281. The van der Waals surface area contributed by atoms with Gasteiger partial charge in [-0.3, -0.25) is 14.9 Å². The molecule has 0 aliphatic carbocycles. The fourth-order valence-corrected chi connectivity index (χ4v) is 2.06. The second-order valence-corrected chi connectivity index (χ2v) is 4.64. The molecule has 0 saturated carbocycles. The highest BCUT2D eigenvalue weighted by Gasteiger charge is 2.14. The van der Waals surface area contributed by atoms with Gasteiger partial charge in [-0.25, -0.2) is 0 Å². The topological polar surface area (TPSA) is 75.5 Å². The SMILES string of the molecule is CCN(CC)C(=O)CNCc1cc(Cl)ccc1[N+](=O)[O-]. The molecule has 0 fully saturated rings. The van der Waals surface area contributed by atoms with Gasteiger partial charge in [0, 0.05) is 36.3 Å². The van der Waals surface area contributed by atoms with E-state index in [2.05, 4.69) is 5.32 Å². The second kappa shape index (κ2) is 7.81. The summed E-state index contributed by atoms with van der Waals surface area (Å²) in [6.45, 7) is 5.48. The Morgan fingerprint density at radius 3 is 2.60 bits per heavy atom. The average molecular weight is 300 g/mol. The highest BCUT2D eigenvalue weighted by Crippen LogP contribution is 2.22. The van der Waals surface area contributed by atoms with E-state index in [9.17, 15) is 14.9 Å². The van der Waals surface area contributed by atoms with Gasteiger partial charge in [-0.05, 0) is 26.0 Å². The van der Waals surface area contributed by atoms with E-state index in [0.717, 1.165) is 0 Å². The van der Waals surface area contributed by atoms with Crippen molar-refractivity contribution in [3.05, 3.63) is 38.9 Å². The van der Waals surface area contributed by atoms with Gasteiger partial charge in [-0.15, -0.1) is 0 Å². The van der Waals surface area contributed by atoms with E-state index < -0.39 is 4.92 Å². The van der Waals surface area contributed by atoms with E-state index in [0.29, 0.717) is 23.7 Å². The number of hydrogen-bond acceptors (Lipinski definition) is 4. The predicted molar refractivity (Wildman–Crippen MR) is 77.7 cm³/mol. The number of likely N-dealkylation sites (N-methyl/N-ethyl adjacent to an activating group) is 1. The zero-order valence-electron chi connectivity index (χ0n) is 11.6. The molecule has 0 saturated heterocycles. The minimum Gasteiger partial charge on any atom is -0.342 e.